The van der Waals surface area contributed by atoms with E-state index in [1.807, 2.05) is 30.3 Å². The minimum absolute atomic E-state index is 0.106. The lowest BCUT2D eigenvalue weighted by Gasteiger charge is -2.13. The van der Waals surface area contributed by atoms with Crippen LogP contribution in [0.25, 0.3) is 5.69 Å². The summed E-state index contributed by atoms with van der Waals surface area (Å²) in [7, 11) is 0. The number of amides is 1. The molecule has 0 unspecified atom stereocenters. The first-order valence-electron chi connectivity index (χ1n) is 6.35. The van der Waals surface area contributed by atoms with E-state index in [9.17, 15) is 4.79 Å². The standard InChI is InChI=1S/C14H16N4O/c15-10-14(6-7-14)17-13(19)11-8-16-18(9-11)12-4-2-1-3-5-12/h1-5,8-9H,6-7,10,15H2,(H,17,19). The van der Waals surface area contributed by atoms with Crippen molar-refractivity contribution < 1.29 is 4.79 Å². The molecule has 5 nitrogen and oxygen atoms in total. The maximum Gasteiger partial charge on any atom is 0.254 e. The first-order valence-corrected chi connectivity index (χ1v) is 6.35. The molecule has 1 aliphatic carbocycles. The smallest absolute Gasteiger partial charge is 0.254 e. The second-order valence-electron chi connectivity index (χ2n) is 4.95. The van der Waals surface area contributed by atoms with Crippen molar-refractivity contribution in [2.24, 2.45) is 5.73 Å². The number of hydrogen-bond acceptors (Lipinski definition) is 3. The summed E-state index contributed by atoms with van der Waals surface area (Å²) in [5.74, 6) is -0.106. The summed E-state index contributed by atoms with van der Waals surface area (Å²) in [4.78, 5) is 12.1. The van der Waals surface area contributed by atoms with Gasteiger partial charge in [-0.3, -0.25) is 4.79 Å². The largest absolute Gasteiger partial charge is 0.345 e. The van der Waals surface area contributed by atoms with Gasteiger partial charge in [-0.05, 0) is 25.0 Å². The molecular formula is C14H16N4O. The molecule has 1 aliphatic rings. The van der Waals surface area contributed by atoms with Crippen LogP contribution in [0.4, 0.5) is 0 Å². The first-order chi connectivity index (χ1) is 9.22. The number of nitrogens with one attached hydrogen (secondary N) is 1. The Morgan fingerprint density at radius 1 is 1.37 bits per heavy atom. The number of rotatable bonds is 4. The van der Waals surface area contributed by atoms with Crippen LogP contribution in [0, 0.1) is 0 Å². The molecule has 98 valence electrons. The van der Waals surface area contributed by atoms with Crippen molar-refractivity contribution in [1.82, 2.24) is 15.1 Å². The van der Waals surface area contributed by atoms with Crippen molar-refractivity contribution in [3.05, 3.63) is 48.3 Å². The average molecular weight is 256 g/mol. The van der Waals surface area contributed by atoms with Gasteiger partial charge < -0.3 is 11.1 Å². The van der Waals surface area contributed by atoms with Crippen LogP contribution in [0.15, 0.2) is 42.7 Å². The highest BCUT2D eigenvalue weighted by molar-refractivity contribution is 5.94. The Morgan fingerprint density at radius 3 is 2.74 bits per heavy atom. The highest BCUT2D eigenvalue weighted by atomic mass is 16.1. The zero-order valence-corrected chi connectivity index (χ0v) is 10.5. The number of carbonyl (C=O) groups is 1. The molecular weight excluding hydrogens is 240 g/mol. The van der Waals surface area contributed by atoms with Gasteiger partial charge in [-0.15, -0.1) is 0 Å². The van der Waals surface area contributed by atoms with E-state index >= 15 is 0 Å². The SMILES string of the molecule is NCC1(NC(=O)c2cnn(-c3ccccc3)c2)CC1. The number of aromatic nitrogens is 2. The van der Waals surface area contributed by atoms with Gasteiger partial charge in [0.1, 0.15) is 0 Å². The first kappa shape index (κ1) is 11.9. The minimum atomic E-state index is -0.175. The molecule has 1 aromatic carbocycles. The zero-order chi connectivity index (χ0) is 13.3. The fraction of sp³-hybridized carbons (Fsp3) is 0.286. The van der Waals surface area contributed by atoms with Crippen LogP contribution >= 0.6 is 0 Å². The summed E-state index contributed by atoms with van der Waals surface area (Å²) < 4.78 is 1.69. The van der Waals surface area contributed by atoms with Gasteiger partial charge in [0.2, 0.25) is 0 Å². The Morgan fingerprint density at radius 2 is 2.11 bits per heavy atom. The Bertz CT molecular complexity index is 587. The molecule has 1 saturated carbocycles. The van der Waals surface area contributed by atoms with Crippen LogP contribution < -0.4 is 11.1 Å². The fourth-order valence-corrected chi connectivity index (χ4v) is 2.01. The number of benzene rings is 1. The third-order valence-corrected chi connectivity index (χ3v) is 3.49. The van der Waals surface area contributed by atoms with Crippen molar-refractivity contribution in [2.75, 3.05) is 6.54 Å². The quantitative estimate of drug-likeness (QED) is 0.860. The lowest BCUT2D eigenvalue weighted by molar-refractivity contribution is 0.0933. The summed E-state index contributed by atoms with van der Waals surface area (Å²) in [6, 6.07) is 9.70. The second-order valence-corrected chi connectivity index (χ2v) is 4.95. The zero-order valence-electron chi connectivity index (χ0n) is 10.5. The van der Waals surface area contributed by atoms with Crippen molar-refractivity contribution in [1.29, 1.82) is 0 Å². The van der Waals surface area contributed by atoms with Gasteiger partial charge in [-0.1, -0.05) is 18.2 Å². The maximum atomic E-state index is 12.1. The van der Waals surface area contributed by atoms with Crippen LogP contribution in [-0.2, 0) is 0 Å². The van der Waals surface area contributed by atoms with Crippen LogP contribution in [0.3, 0.4) is 0 Å². The third kappa shape index (κ3) is 2.37. The molecule has 19 heavy (non-hydrogen) atoms. The minimum Gasteiger partial charge on any atom is -0.345 e. The highest BCUT2D eigenvalue weighted by Gasteiger charge is 2.42. The second kappa shape index (κ2) is 4.51. The van der Waals surface area contributed by atoms with E-state index in [4.69, 9.17) is 5.73 Å². The maximum absolute atomic E-state index is 12.1. The highest BCUT2D eigenvalue weighted by Crippen LogP contribution is 2.34. The number of nitrogens with zero attached hydrogens (tertiary/aromatic N) is 2. The normalized spacial score (nSPS) is 16.1. The van der Waals surface area contributed by atoms with Gasteiger partial charge in [0.25, 0.3) is 5.91 Å². The van der Waals surface area contributed by atoms with Gasteiger partial charge in [0.05, 0.1) is 23.0 Å². The van der Waals surface area contributed by atoms with E-state index in [1.54, 1.807) is 17.1 Å². The Hall–Kier alpha value is -2.14. The predicted octanol–water partition coefficient (Wildman–Crippen LogP) is 1.09. The number of carbonyl (C=O) groups excluding carboxylic acids is 1. The lowest BCUT2D eigenvalue weighted by atomic mass is 10.2. The fourth-order valence-electron chi connectivity index (χ4n) is 2.01. The molecule has 0 aliphatic heterocycles. The van der Waals surface area contributed by atoms with E-state index in [1.165, 1.54) is 0 Å². The van der Waals surface area contributed by atoms with E-state index < -0.39 is 0 Å². The van der Waals surface area contributed by atoms with Gasteiger partial charge in [-0.2, -0.15) is 5.10 Å². The lowest BCUT2D eigenvalue weighted by Crippen LogP contribution is -2.42. The van der Waals surface area contributed by atoms with Crippen molar-refractivity contribution in [3.63, 3.8) is 0 Å². The molecule has 0 bridgehead atoms. The van der Waals surface area contributed by atoms with Crippen molar-refractivity contribution in [2.45, 2.75) is 18.4 Å². The molecule has 0 spiro atoms. The third-order valence-electron chi connectivity index (χ3n) is 3.49. The molecule has 5 heteroatoms. The van der Waals surface area contributed by atoms with E-state index in [0.717, 1.165) is 18.5 Å². The predicted molar refractivity (Wildman–Crippen MR) is 72.0 cm³/mol. The average Bonchev–Trinajstić information content (AvgIpc) is 3.04. The molecule has 3 N–H and O–H groups in total. The van der Waals surface area contributed by atoms with Crippen LogP contribution in [0.5, 0.6) is 0 Å². The summed E-state index contributed by atoms with van der Waals surface area (Å²) >= 11 is 0. The van der Waals surface area contributed by atoms with Crippen molar-refractivity contribution in [3.8, 4) is 5.69 Å². The Labute approximate surface area is 111 Å². The van der Waals surface area contributed by atoms with Crippen LogP contribution in [-0.4, -0.2) is 27.8 Å². The van der Waals surface area contributed by atoms with Crippen LogP contribution in [0.2, 0.25) is 0 Å². The molecule has 3 rings (SSSR count). The molecule has 1 fully saturated rings. The summed E-state index contributed by atoms with van der Waals surface area (Å²) in [6.45, 7) is 0.492. The van der Waals surface area contributed by atoms with E-state index in [-0.39, 0.29) is 11.4 Å². The number of nitrogens with two attached hydrogens (primary N) is 1. The molecule has 2 aromatic rings. The summed E-state index contributed by atoms with van der Waals surface area (Å²) in [5.41, 5.74) is 6.97. The Balaban J connectivity index is 1.76. The Kier molecular flexibility index (Phi) is 2.83. The number of hydrogen-bond donors (Lipinski definition) is 2. The molecule has 0 atom stereocenters. The molecule has 1 aromatic heterocycles. The summed E-state index contributed by atoms with van der Waals surface area (Å²) in [5, 5.41) is 7.19. The van der Waals surface area contributed by atoms with Crippen molar-refractivity contribution >= 4 is 5.91 Å². The van der Waals surface area contributed by atoms with Gasteiger partial charge in [0.15, 0.2) is 0 Å². The van der Waals surface area contributed by atoms with Crippen LogP contribution in [0.1, 0.15) is 23.2 Å². The van der Waals surface area contributed by atoms with E-state index in [0.29, 0.717) is 12.1 Å². The molecule has 1 heterocycles. The topological polar surface area (TPSA) is 72.9 Å². The molecule has 0 radical (unpaired) electrons. The van der Waals surface area contributed by atoms with E-state index in [2.05, 4.69) is 10.4 Å². The number of para-hydroxylation sites is 1. The van der Waals surface area contributed by atoms with Gasteiger partial charge in [0, 0.05) is 12.7 Å². The summed E-state index contributed by atoms with van der Waals surface area (Å²) in [6.07, 6.45) is 5.23. The van der Waals surface area contributed by atoms with Gasteiger partial charge in [-0.25, -0.2) is 4.68 Å². The monoisotopic (exact) mass is 256 g/mol. The molecule has 1 amide bonds. The van der Waals surface area contributed by atoms with Gasteiger partial charge >= 0.3 is 0 Å². The molecule has 0 saturated heterocycles.